The van der Waals surface area contributed by atoms with Crippen molar-refractivity contribution in [2.75, 3.05) is 13.7 Å². The van der Waals surface area contributed by atoms with Gasteiger partial charge in [0.15, 0.2) is 0 Å². The Labute approximate surface area is 108 Å². The Bertz CT molecular complexity index is 453. The van der Waals surface area contributed by atoms with Crippen LogP contribution in [0.15, 0.2) is 18.2 Å². The van der Waals surface area contributed by atoms with Crippen molar-refractivity contribution in [1.82, 2.24) is 0 Å². The number of rotatable bonds is 1. The zero-order valence-corrected chi connectivity index (χ0v) is 11.2. The molecule has 0 unspecified atom stereocenters. The molecule has 1 saturated heterocycles. The molecule has 1 aromatic rings. The van der Waals surface area contributed by atoms with Gasteiger partial charge in [0.1, 0.15) is 17.1 Å². The summed E-state index contributed by atoms with van der Waals surface area (Å²) in [6.07, 6.45) is 2.36. The van der Waals surface area contributed by atoms with Crippen molar-refractivity contribution < 1.29 is 14.2 Å². The lowest BCUT2D eigenvalue weighted by molar-refractivity contribution is -0.117. The van der Waals surface area contributed by atoms with Gasteiger partial charge in [-0.1, -0.05) is 6.07 Å². The number of ether oxygens (including phenoxy) is 3. The van der Waals surface area contributed by atoms with Gasteiger partial charge >= 0.3 is 0 Å². The highest BCUT2D eigenvalue weighted by molar-refractivity contribution is 5.48. The third kappa shape index (κ3) is 1.69. The first-order chi connectivity index (χ1) is 8.63. The number of hydrogen-bond acceptors (Lipinski definition) is 3. The van der Waals surface area contributed by atoms with E-state index in [2.05, 4.69) is 13.8 Å². The summed E-state index contributed by atoms with van der Waals surface area (Å²) in [6, 6.07) is 5.96. The Morgan fingerprint density at radius 1 is 1.33 bits per heavy atom. The Hall–Kier alpha value is -1.22. The van der Waals surface area contributed by atoms with Gasteiger partial charge in [-0.15, -0.1) is 0 Å². The van der Waals surface area contributed by atoms with Crippen LogP contribution in [0.25, 0.3) is 0 Å². The molecule has 18 heavy (non-hydrogen) atoms. The number of methoxy groups -OCH3 is 1. The van der Waals surface area contributed by atoms with Crippen LogP contribution in [-0.2, 0) is 4.74 Å². The van der Waals surface area contributed by atoms with Crippen LogP contribution in [-0.4, -0.2) is 19.3 Å². The summed E-state index contributed by atoms with van der Waals surface area (Å²) in [6.45, 7) is 5.14. The second-order valence-electron chi connectivity index (χ2n) is 5.62. The van der Waals surface area contributed by atoms with Crippen LogP contribution in [0.1, 0.15) is 38.4 Å². The maximum Gasteiger partial charge on any atom is 0.129 e. The van der Waals surface area contributed by atoms with E-state index in [1.807, 2.05) is 18.2 Å². The topological polar surface area (TPSA) is 27.7 Å². The van der Waals surface area contributed by atoms with Gasteiger partial charge in [-0.25, -0.2) is 0 Å². The number of fused-ring (bicyclic) bond motifs is 3. The highest BCUT2D eigenvalue weighted by Gasteiger charge is 2.46. The van der Waals surface area contributed by atoms with Crippen LogP contribution in [0.3, 0.4) is 0 Å². The van der Waals surface area contributed by atoms with Crippen LogP contribution in [0.2, 0.25) is 0 Å². The van der Waals surface area contributed by atoms with Crippen LogP contribution < -0.4 is 9.47 Å². The zero-order valence-electron chi connectivity index (χ0n) is 11.2. The largest absolute Gasteiger partial charge is 0.496 e. The normalized spacial score (nSPS) is 28.8. The molecule has 1 aromatic carbocycles. The highest BCUT2D eigenvalue weighted by Crippen LogP contribution is 2.52. The van der Waals surface area contributed by atoms with E-state index in [0.717, 1.165) is 36.5 Å². The number of benzene rings is 1. The Kier molecular flexibility index (Phi) is 2.74. The predicted octanol–water partition coefficient (Wildman–Crippen LogP) is 3.33. The molecule has 3 rings (SSSR count). The van der Waals surface area contributed by atoms with E-state index >= 15 is 0 Å². The molecule has 3 heteroatoms. The minimum Gasteiger partial charge on any atom is -0.496 e. The van der Waals surface area contributed by atoms with E-state index in [4.69, 9.17) is 14.2 Å². The fourth-order valence-corrected chi connectivity index (χ4v) is 3.21. The summed E-state index contributed by atoms with van der Waals surface area (Å²) in [4.78, 5) is 0. The van der Waals surface area contributed by atoms with Gasteiger partial charge in [0.05, 0.1) is 18.8 Å². The third-order valence-electron chi connectivity index (χ3n) is 4.12. The van der Waals surface area contributed by atoms with Gasteiger partial charge in [-0.05, 0) is 38.8 Å². The third-order valence-corrected chi connectivity index (χ3v) is 4.12. The van der Waals surface area contributed by atoms with Crippen molar-refractivity contribution in [3.8, 4) is 11.5 Å². The standard InChI is InChI=1S/C15H20O3/c1-15(2)10-6-5-9-17-14(10)13-11(16-3)7-4-8-12(13)18-15/h4,7-8,10,14H,5-6,9H2,1-3H3/t10-,14-/m1/s1. The molecule has 2 aliphatic heterocycles. The zero-order chi connectivity index (χ0) is 12.8. The lowest BCUT2D eigenvalue weighted by atomic mass is 9.76. The lowest BCUT2D eigenvalue weighted by Gasteiger charge is -2.47. The molecular weight excluding hydrogens is 228 g/mol. The van der Waals surface area contributed by atoms with Crippen LogP contribution in [0, 0.1) is 5.92 Å². The van der Waals surface area contributed by atoms with Gasteiger partial charge in [0.2, 0.25) is 0 Å². The summed E-state index contributed by atoms with van der Waals surface area (Å²) in [5.74, 6) is 2.18. The van der Waals surface area contributed by atoms with Gasteiger partial charge in [0.25, 0.3) is 0 Å². The summed E-state index contributed by atoms with van der Waals surface area (Å²) in [5, 5.41) is 0. The quantitative estimate of drug-likeness (QED) is 0.763. The predicted molar refractivity (Wildman–Crippen MR) is 69.1 cm³/mol. The lowest BCUT2D eigenvalue weighted by Crippen LogP contribution is -2.47. The monoisotopic (exact) mass is 248 g/mol. The first-order valence-electron chi connectivity index (χ1n) is 6.61. The summed E-state index contributed by atoms with van der Waals surface area (Å²) < 4.78 is 17.7. The van der Waals surface area contributed by atoms with E-state index in [1.165, 1.54) is 0 Å². The molecule has 0 bridgehead atoms. The maximum atomic E-state index is 6.17. The maximum absolute atomic E-state index is 6.17. The van der Waals surface area contributed by atoms with Crippen molar-refractivity contribution in [2.45, 2.75) is 38.4 Å². The molecule has 0 saturated carbocycles. The minimum absolute atomic E-state index is 0.105. The molecule has 0 aromatic heterocycles. The molecule has 0 aliphatic carbocycles. The van der Waals surface area contributed by atoms with Crippen molar-refractivity contribution in [3.05, 3.63) is 23.8 Å². The first-order valence-corrected chi connectivity index (χ1v) is 6.61. The smallest absolute Gasteiger partial charge is 0.129 e. The second-order valence-corrected chi connectivity index (χ2v) is 5.62. The molecule has 0 radical (unpaired) electrons. The average Bonchev–Trinajstić information content (AvgIpc) is 2.37. The summed E-state index contributed by atoms with van der Waals surface area (Å²) >= 11 is 0. The van der Waals surface area contributed by atoms with E-state index in [1.54, 1.807) is 7.11 Å². The van der Waals surface area contributed by atoms with E-state index in [0.29, 0.717) is 5.92 Å². The SMILES string of the molecule is COc1cccc2c1[C@@H]1OCCC[C@H]1C(C)(C)O2. The van der Waals surface area contributed by atoms with Gasteiger partial charge in [0, 0.05) is 12.5 Å². The minimum atomic E-state index is -0.176. The highest BCUT2D eigenvalue weighted by atomic mass is 16.5. The Morgan fingerprint density at radius 2 is 2.17 bits per heavy atom. The van der Waals surface area contributed by atoms with E-state index in [-0.39, 0.29) is 11.7 Å². The molecule has 2 aliphatic rings. The van der Waals surface area contributed by atoms with Crippen LogP contribution in [0.5, 0.6) is 11.5 Å². The Morgan fingerprint density at radius 3 is 2.94 bits per heavy atom. The van der Waals surface area contributed by atoms with Gasteiger partial charge < -0.3 is 14.2 Å². The van der Waals surface area contributed by atoms with Crippen LogP contribution in [0.4, 0.5) is 0 Å². The summed E-state index contributed by atoms with van der Waals surface area (Å²) in [5.41, 5.74) is 0.911. The first kappa shape index (κ1) is 11.8. The molecule has 1 fully saturated rings. The summed E-state index contributed by atoms with van der Waals surface area (Å²) in [7, 11) is 1.70. The molecule has 98 valence electrons. The molecule has 2 heterocycles. The molecule has 0 N–H and O–H groups in total. The second kappa shape index (κ2) is 4.16. The average molecular weight is 248 g/mol. The van der Waals surface area contributed by atoms with Crippen molar-refractivity contribution in [3.63, 3.8) is 0 Å². The van der Waals surface area contributed by atoms with E-state index < -0.39 is 0 Å². The fraction of sp³-hybridized carbons (Fsp3) is 0.600. The molecule has 0 amide bonds. The number of hydrogen-bond donors (Lipinski definition) is 0. The fourth-order valence-electron chi connectivity index (χ4n) is 3.21. The van der Waals surface area contributed by atoms with Gasteiger partial charge in [-0.2, -0.15) is 0 Å². The molecule has 0 spiro atoms. The van der Waals surface area contributed by atoms with Crippen molar-refractivity contribution >= 4 is 0 Å². The van der Waals surface area contributed by atoms with Crippen molar-refractivity contribution in [2.24, 2.45) is 5.92 Å². The van der Waals surface area contributed by atoms with Crippen molar-refractivity contribution in [1.29, 1.82) is 0 Å². The molecular formula is C15H20O3. The Balaban J connectivity index is 2.12. The molecule has 3 nitrogen and oxygen atoms in total. The van der Waals surface area contributed by atoms with Gasteiger partial charge in [-0.3, -0.25) is 0 Å². The molecule has 2 atom stereocenters. The van der Waals surface area contributed by atoms with Crippen LogP contribution >= 0.6 is 0 Å². The van der Waals surface area contributed by atoms with E-state index in [9.17, 15) is 0 Å².